The van der Waals surface area contributed by atoms with Gasteiger partial charge in [0, 0.05) is 50.8 Å². The molecule has 39 heavy (non-hydrogen) atoms. The Balaban J connectivity index is 0.000000254. The van der Waals surface area contributed by atoms with Crippen molar-refractivity contribution >= 4 is 0 Å². The molecule has 2 heterocycles. The zero-order chi connectivity index (χ0) is 24.7. The number of nitrogens with zero attached hydrogens (tertiary/aromatic N) is 2. The number of pyridine rings is 2. The number of aromatic hydroxyl groups is 1. The van der Waals surface area contributed by atoms with Gasteiger partial charge in [0.1, 0.15) is 17.2 Å². The molecule has 2 aliphatic carbocycles. The van der Waals surface area contributed by atoms with E-state index in [2.05, 4.69) is 23.0 Å². The Morgan fingerprint density at radius 1 is 0.718 bits per heavy atom. The second kappa shape index (κ2) is 15.4. The summed E-state index contributed by atoms with van der Waals surface area (Å²) in [7, 11) is 0. The molecule has 0 amide bonds. The van der Waals surface area contributed by atoms with E-state index < -0.39 is 0 Å². The first-order valence-electron chi connectivity index (χ1n) is 12.6. The first kappa shape index (κ1) is 32.0. The minimum Gasteiger partial charge on any atom is -0.506 e. The van der Waals surface area contributed by atoms with E-state index in [4.69, 9.17) is 9.47 Å². The maximum atomic E-state index is 9.39. The molecule has 0 radical (unpaired) electrons. The Morgan fingerprint density at radius 2 is 1.18 bits per heavy atom. The van der Waals surface area contributed by atoms with Crippen LogP contribution in [0.1, 0.15) is 48.8 Å². The first-order chi connectivity index (χ1) is 17.7. The van der Waals surface area contributed by atoms with E-state index in [1.807, 2.05) is 79.3 Å². The van der Waals surface area contributed by atoms with Crippen molar-refractivity contribution in [1.29, 1.82) is 0 Å². The summed E-state index contributed by atoms with van der Waals surface area (Å²) in [5.41, 5.74) is 3.70. The molecule has 0 bridgehead atoms. The maximum absolute atomic E-state index is 9.39. The zero-order valence-corrected chi connectivity index (χ0v) is 23.4. The number of aromatic nitrogens is 2. The molecule has 4 aromatic rings. The van der Waals surface area contributed by atoms with Crippen molar-refractivity contribution in [2.75, 3.05) is 13.2 Å². The average Bonchev–Trinajstić information content (AvgIpc) is 3.83. The fourth-order valence-electron chi connectivity index (χ4n) is 4.55. The molecule has 210 valence electrons. The number of aryl methyl sites for hydroxylation is 1. The third-order valence-corrected chi connectivity index (χ3v) is 6.76. The van der Waals surface area contributed by atoms with Gasteiger partial charge in [-0.2, -0.15) is 0 Å². The van der Waals surface area contributed by atoms with Gasteiger partial charge in [0.05, 0.1) is 19.4 Å². The minimum absolute atomic E-state index is 0. The smallest absolute Gasteiger partial charge is 0.134 e. The molecular weight excluding hydrogens is 579 g/mol. The Bertz CT molecular complexity index is 1160. The number of rotatable bonds is 8. The van der Waals surface area contributed by atoms with Crippen LogP contribution in [-0.4, -0.2) is 28.3 Å². The van der Waals surface area contributed by atoms with Crippen molar-refractivity contribution in [2.45, 2.75) is 39.0 Å². The van der Waals surface area contributed by atoms with E-state index in [0.717, 1.165) is 36.7 Å². The van der Waals surface area contributed by atoms with Crippen LogP contribution in [0.2, 0.25) is 0 Å². The molecule has 2 saturated carbocycles. The second-order valence-electron chi connectivity index (χ2n) is 9.72. The van der Waals surface area contributed by atoms with Gasteiger partial charge in [-0.3, -0.25) is 9.97 Å². The van der Waals surface area contributed by atoms with Crippen LogP contribution in [0, 0.1) is 26.2 Å². The second-order valence-corrected chi connectivity index (χ2v) is 9.72. The molecule has 2 aliphatic rings. The number of hydrogen-bond donors (Lipinski definition) is 1. The van der Waals surface area contributed by atoms with Gasteiger partial charge >= 0.3 is 0 Å². The van der Waals surface area contributed by atoms with Gasteiger partial charge in [-0.25, -0.2) is 0 Å². The monoisotopic (exact) mass is 617 g/mol. The third-order valence-electron chi connectivity index (χ3n) is 6.76. The Kier molecular flexibility index (Phi) is 12.6. The molecule has 6 heteroatoms. The van der Waals surface area contributed by atoms with E-state index in [1.54, 1.807) is 6.07 Å². The van der Waals surface area contributed by atoms with Crippen LogP contribution in [-0.2, 0) is 20.4 Å². The number of hydrogen-bond acceptors (Lipinski definition) is 5. The van der Waals surface area contributed by atoms with Gasteiger partial charge in [-0.1, -0.05) is 49.9 Å². The molecule has 2 aromatic carbocycles. The van der Waals surface area contributed by atoms with Gasteiger partial charge in [0.25, 0.3) is 0 Å². The van der Waals surface area contributed by atoms with Crippen LogP contribution < -0.4 is 9.47 Å². The van der Waals surface area contributed by atoms with Gasteiger partial charge < -0.3 is 22.0 Å². The molecule has 2 fully saturated rings. The summed E-state index contributed by atoms with van der Waals surface area (Å²) in [6.07, 6.45) is 9.51. The summed E-state index contributed by atoms with van der Waals surface area (Å²) in [6.45, 7) is 3.63. The SMILES string of the molecule is C.Cc1cncc([C@H]2C[C@@H]2COc2ccccc2)c1.Oc1cncc([C@H]2C[C@@H]2COc2ccccc2)c1.[CH3-].[Pd]. The summed E-state index contributed by atoms with van der Waals surface area (Å²) in [4.78, 5) is 8.26. The third kappa shape index (κ3) is 9.49. The normalized spacial score (nSPS) is 19.9. The van der Waals surface area contributed by atoms with Crippen molar-refractivity contribution < 1.29 is 35.0 Å². The fraction of sp³-hybridized carbons (Fsp3) is 0.303. The van der Waals surface area contributed by atoms with E-state index in [9.17, 15) is 5.11 Å². The molecule has 6 rings (SSSR count). The van der Waals surface area contributed by atoms with Crippen molar-refractivity contribution in [2.24, 2.45) is 11.8 Å². The maximum Gasteiger partial charge on any atom is 0.134 e. The Hall–Kier alpha value is -3.20. The Morgan fingerprint density at radius 3 is 1.64 bits per heavy atom. The van der Waals surface area contributed by atoms with Crippen LogP contribution in [0.5, 0.6) is 17.2 Å². The van der Waals surface area contributed by atoms with E-state index >= 15 is 0 Å². The summed E-state index contributed by atoms with van der Waals surface area (Å²) < 4.78 is 11.5. The van der Waals surface area contributed by atoms with E-state index in [-0.39, 0.29) is 41.0 Å². The predicted octanol–water partition coefficient (Wildman–Crippen LogP) is 7.63. The van der Waals surface area contributed by atoms with E-state index in [0.29, 0.717) is 23.7 Å². The number of benzene rings is 2. The predicted molar refractivity (Wildman–Crippen MR) is 154 cm³/mol. The molecule has 0 aliphatic heterocycles. The molecule has 1 N–H and O–H groups in total. The van der Waals surface area contributed by atoms with Crippen molar-refractivity contribution in [1.82, 2.24) is 9.97 Å². The molecular formula is C33H39N2O3Pd-. The molecule has 0 spiro atoms. The summed E-state index contributed by atoms with van der Waals surface area (Å²) in [5.74, 6) is 4.42. The minimum atomic E-state index is 0. The summed E-state index contributed by atoms with van der Waals surface area (Å²) >= 11 is 0. The van der Waals surface area contributed by atoms with Crippen molar-refractivity contribution in [3.63, 3.8) is 0 Å². The van der Waals surface area contributed by atoms with Crippen LogP contribution in [0.4, 0.5) is 0 Å². The molecule has 5 nitrogen and oxygen atoms in total. The van der Waals surface area contributed by atoms with Crippen LogP contribution >= 0.6 is 0 Å². The van der Waals surface area contributed by atoms with Gasteiger partial charge in [-0.15, -0.1) is 0 Å². The molecule has 0 saturated heterocycles. The largest absolute Gasteiger partial charge is 0.506 e. The van der Waals surface area contributed by atoms with E-state index in [1.165, 1.54) is 23.7 Å². The number of ether oxygens (including phenoxy) is 2. The zero-order valence-electron chi connectivity index (χ0n) is 21.8. The van der Waals surface area contributed by atoms with Gasteiger partial charge in [0.2, 0.25) is 0 Å². The quantitative estimate of drug-likeness (QED) is 0.163. The standard InChI is InChI=1S/C16H17NO.C15H15NO2.CH4.CH3.Pd/c1-12-7-13(10-17-9-12)16-8-14(16)11-18-15-5-3-2-4-6-15;17-13-6-11(8-16-9-13)15-7-12(15)10-18-14-4-2-1-3-5-14;;;/h2-7,9-10,14,16H,8,11H2,1H3;1-6,8-9,12,15,17H,7,10H2;1H4;1H3;/q;;;-1;/t14-,16-;12-,15-;;;/m11.../s1. The Labute approximate surface area is 247 Å². The number of para-hydroxylation sites is 2. The molecule has 4 atom stereocenters. The van der Waals surface area contributed by atoms with Crippen molar-refractivity contribution in [3.8, 4) is 17.2 Å². The van der Waals surface area contributed by atoms with Crippen LogP contribution in [0.15, 0.2) is 97.6 Å². The average molecular weight is 618 g/mol. The molecule has 0 unspecified atom stereocenters. The van der Waals surface area contributed by atoms with Crippen LogP contribution in [0.25, 0.3) is 0 Å². The van der Waals surface area contributed by atoms with Gasteiger partial charge in [0.15, 0.2) is 0 Å². The topological polar surface area (TPSA) is 64.5 Å². The molecule has 2 aromatic heterocycles. The van der Waals surface area contributed by atoms with Crippen LogP contribution in [0.3, 0.4) is 0 Å². The summed E-state index contributed by atoms with van der Waals surface area (Å²) in [5, 5.41) is 9.39. The fourth-order valence-corrected chi connectivity index (χ4v) is 4.55. The first-order valence-corrected chi connectivity index (χ1v) is 12.6. The summed E-state index contributed by atoms with van der Waals surface area (Å²) in [6, 6.07) is 23.9. The van der Waals surface area contributed by atoms with Gasteiger partial charge in [-0.05, 0) is 78.6 Å². The van der Waals surface area contributed by atoms with Crippen molar-refractivity contribution in [3.05, 3.63) is 122 Å².